The van der Waals surface area contributed by atoms with Crippen LogP contribution in [0.3, 0.4) is 0 Å². The highest BCUT2D eigenvalue weighted by Gasteiger charge is 2.33. The number of rotatable bonds is 6. The minimum absolute atomic E-state index is 0.0764. The van der Waals surface area contributed by atoms with Gasteiger partial charge in [-0.2, -0.15) is 4.31 Å². The molecule has 1 N–H and O–H groups in total. The van der Waals surface area contributed by atoms with E-state index in [-0.39, 0.29) is 52.7 Å². The van der Waals surface area contributed by atoms with E-state index in [0.717, 1.165) is 0 Å². The molecule has 1 aliphatic rings. The molecular weight excluding hydrogens is 380 g/mol. The van der Waals surface area contributed by atoms with E-state index in [2.05, 4.69) is 5.32 Å². The van der Waals surface area contributed by atoms with Crippen molar-refractivity contribution in [3.63, 3.8) is 0 Å². The summed E-state index contributed by atoms with van der Waals surface area (Å²) in [6.07, 6.45) is -0.428. The zero-order valence-electron chi connectivity index (χ0n) is 15.4. The molecule has 146 valence electrons. The number of nitrogens with zero attached hydrogens (tertiary/aromatic N) is 1. The van der Waals surface area contributed by atoms with Crippen molar-refractivity contribution in [2.45, 2.75) is 43.9 Å². The summed E-state index contributed by atoms with van der Waals surface area (Å²) < 4.78 is 38.0. The number of benzene rings is 1. The van der Waals surface area contributed by atoms with Crippen LogP contribution in [0.15, 0.2) is 23.1 Å². The third-order valence-electron chi connectivity index (χ3n) is 3.99. The smallest absolute Gasteiger partial charge is 0.251 e. The van der Waals surface area contributed by atoms with Gasteiger partial charge in [-0.25, -0.2) is 8.42 Å². The number of hydrogen-bond donors (Lipinski definition) is 1. The Balaban J connectivity index is 2.29. The number of carbonyl (C=O) groups excluding carboxylic acids is 1. The van der Waals surface area contributed by atoms with Gasteiger partial charge in [0, 0.05) is 31.8 Å². The summed E-state index contributed by atoms with van der Waals surface area (Å²) in [7, 11) is -2.29. The molecule has 1 aromatic rings. The second kappa shape index (κ2) is 8.67. The lowest BCUT2D eigenvalue weighted by Gasteiger charge is -2.34. The highest BCUT2D eigenvalue weighted by atomic mass is 35.5. The van der Waals surface area contributed by atoms with Crippen molar-refractivity contribution in [3.8, 4) is 0 Å². The van der Waals surface area contributed by atoms with Crippen LogP contribution in [0.1, 0.15) is 31.1 Å². The average Bonchev–Trinajstić information content (AvgIpc) is 2.54. The molecule has 0 spiro atoms. The summed E-state index contributed by atoms with van der Waals surface area (Å²) >= 11 is 6.14. The third kappa shape index (κ3) is 4.95. The van der Waals surface area contributed by atoms with Gasteiger partial charge in [0.2, 0.25) is 10.0 Å². The highest BCUT2D eigenvalue weighted by Crippen LogP contribution is 2.28. The molecule has 1 fully saturated rings. The van der Waals surface area contributed by atoms with Crippen LogP contribution in [0.2, 0.25) is 5.02 Å². The quantitative estimate of drug-likeness (QED) is 0.782. The van der Waals surface area contributed by atoms with Crippen molar-refractivity contribution in [2.24, 2.45) is 0 Å². The van der Waals surface area contributed by atoms with Crippen molar-refractivity contribution >= 4 is 27.5 Å². The number of amides is 1. The van der Waals surface area contributed by atoms with Crippen LogP contribution in [-0.4, -0.2) is 63.7 Å². The predicted octanol–water partition coefficient (Wildman–Crippen LogP) is 1.90. The molecule has 0 bridgehead atoms. The fourth-order valence-electron chi connectivity index (χ4n) is 2.91. The van der Waals surface area contributed by atoms with E-state index in [9.17, 15) is 13.2 Å². The largest absolute Gasteiger partial charge is 0.383 e. The first-order valence-corrected chi connectivity index (χ1v) is 10.2. The monoisotopic (exact) mass is 404 g/mol. The van der Waals surface area contributed by atoms with Gasteiger partial charge < -0.3 is 14.8 Å². The van der Waals surface area contributed by atoms with Gasteiger partial charge in [0.25, 0.3) is 5.91 Å². The Kier molecular flexibility index (Phi) is 7.04. The number of halogens is 1. The van der Waals surface area contributed by atoms with Crippen molar-refractivity contribution in [1.82, 2.24) is 9.62 Å². The van der Waals surface area contributed by atoms with E-state index in [1.807, 2.05) is 13.8 Å². The van der Waals surface area contributed by atoms with Gasteiger partial charge in [-0.05, 0) is 39.0 Å². The normalized spacial score (nSPS) is 22.8. The summed E-state index contributed by atoms with van der Waals surface area (Å²) in [6, 6.07) is 4.04. The van der Waals surface area contributed by atoms with Crippen molar-refractivity contribution in [1.29, 1.82) is 0 Å². The maximum absolute atomic E-state index is 13.0. The minimum atomic E-state index is -3.84. The van der Waals surface area contributed by atoms with Crippen LogP contribution in [0, 0.1) is 0 Å². The molecular formula is C17H25ClN2O5S. The molecule has 2 rings (SSSR count). The molecule has 1 amide bonds. The van der Waals surface area contributed by atoms with E-state index in [1.165, 1.54) is 22.5 Å². The van der Waals surface area contributed by atoms with Gasteiger partial charge in [-0.1, -0.05) is 11.6 Å². The van der Waals surface area contributed by atoms with Gasteiger partial charge in [0.1, 0.15) is 4.90 Å². The number of morpholine rings is 1. The standard InChI is InChI=1S/C17H25ClN2O5S/c1-11(10-24-4)19-17(21)14-5-6-15(18)16(7-14)26(22,23)20-8-12(2)25-13(3)9-20/h5-7,11-13H,8-10H2,1-4H3,(H,19,21). The second-order valence-electron chi connectivity index (χ2n) is 6.55. The molecule has 26 heavy (non-hydrogen) atoms. The fourth-order valence-corrected chi connectivity index (χ4v) is 5.00. The summed E-state index contributed by atoms with van der Waals surface area (Å²) in [4.78, 5) is 12.3. The minimum Gasteiger partial charge on any atom is -0.383 e. The van der Waals surface area contributed by atoms with Gasteiger partial charge in [-0.15, -0.1) is 0 Å². The van der Waals surface area contributed by atoms with E-state index >= 15 is 0 Å². The number of sulfonamides is 1. The lowest BCUT2D eigenvalue weighted by Crippen LogP contribution is -2.48. The Labute approximate surface area is 159 Å². The first kappa shape index (κ1) is 21.1. The second-order valence-corrected chi connectivity index (χ2v) is 8.87. The van der Waals surface area contributed by atoms with E-state index in [4.69, 9.17) is 21.1 Å². The molecule has 1 aromatic carbocycles. The third-order valence-corrected chi connectivity index (χ3v) is 6.30. The zero-order chi connectivity index (χ0) is 19.5. The summed E-state index contributed by atoms with van der Waals surface area (Å²) in [6.45, 7) is 6.27. The number of carbonyl (C=O) groups is 1. The summed E-state index contributed by atoms with van der Waals surface area (Å²) in [5.74, 6) is -0.383. The van der Waals surface area contributed by atoms with E-state index < -0.39 is 10.0 Å². The Morgan fingerprint density at radius 1 is 1.38 bits per heavy atom. The Morgan fingerprint density at radius 3 is 2.58 bits per heavy atom. The summed E-state index contributed by atoms with van der Waals surface area (Å²) in [5.41, 5.74) is 0.227. The van der Waals surface area contributed by atoms with Crippen molar-refractivity contribution in [3.05, 3.63) is 28.8 Å². The molecule has 3 unspecified atom stereocenters. The molecule has 0 aliphatic carbocycles. The van der Waals surface area contributed by atoms with Gasteiger partial charge in [0.15, 0.2) is 0 Å². The first-order valence-electron chi connectivity index (χ1n) is 8.40. The Hall–Kier alpha value is -1.19. The SMILES string of the molecule is COCC(C)NC(=O)c1ccc(Cl)c(S(=O)(=O)N2CC(C)OC(C)C2)c1. The first-order chi connectivity index (χ1) is 12.1. The molecule has 9 heteroatoms. The number of ether oxygens (including phenoxy) is 2. The molecule has 1 aliphatic heterocycles. The number of methoxy groups -OCH3 is 1. The molecule has 0 radical (unpaired) electrons. The van der Waals surface area contributed by atoms with Gasteiger partial charge in [-0.3, -0.25) is 4.79 Å². The number of hydrogen-bond acceptors (Lipinski definition) is 5. The lowest BCUT2D eigenvalue weighted by molar-refractivity contribution is -0.0440. The van der Waals surface area contributed by atoms with Crippen LogP contribution < -0.4 is 5.32 Å². The highest BCUT2D eigenvalue weighted by molar-refractivity contribution is 7.89. The zero-order valence-corrected chi connectivity index (χ0v) is 16.9. The Bertz CT molecular complexity index is 746. The van der Waals surface area contributed by atoms with Crippen LogP contribution in [0.4, 0.5) is 0 Å². The lowest BCUT2D eigenvalue weighted by atomic mass is 10.2. The summed E-state index contributed by atoms with van der Waals surface area (Å²) in [5, 5.41) is 2.84. The molecule has 0 aromatic heterocycles. The van der Waals surface area contributed by atoms with Gasteiger partial charge in [0.05, 0.1) is 23.8 Å². The average molecular weight is 405 g/mol. The molecule has 0 saturated carbocycles. The maximum atomic E-state index is 13.0. The van der Waals surface area contributed by atoms with E-state index in [0.29, 0.717) is 6.61 Å². The van der Waals surface area contributed by atoms with E-state index in [1.54, 1.807) is 14.0 Å². The molecule has 3 atom stereocenters. The number of nitrogens with one attached hydrogen (secondary N) is 1. The van der Waals surface area contributed by atoms with Crippen LogP contribution in [0.5, 0.6) is 0 Å². The molecule has 1 heterocycles. The molecule has 1 saturated heterocycles. The topological polar surface area (TPSA) is 84.9 Å². The van der Waals surface area contributed by atoms with Gasteiger partial charge >= 0.3 is 0 Å². The van der Waals surface area contributed by atoms with Crippen LogP contribution >= 0.6 is 11.6 Å². The van der Waals surface area contributed by atoms with Crippen LogP contribution in [-0.2, 0) is 19.5 Å². The van der Waals surface area contributed by atoms with Crippen molar-refractivity contribution in [2.75, 3.05) is 26.8 Å². The van der Waals surface area contributed by atoms with Crippen molar-refractivity contribution < 1.29 is 22.7 Å². The predicted molar refractivity (Wildman–Crippen MR) is 99.0 cm³/mol. The fraction of sp³-hybridized carbons (Fsp3) is 0.588. The molecule has 7 nitrogen and oxygen atoms in total. The maximum Gasteiger partial charge on any atom is 0.251 e. The Morgan fingerprint density at radius 2 is 2.00 bits per heavy atom. The van der Waals surface area contributed by atoms with Crippen LogP contribution in [0.25, 0.3) is 0 Å².